The molecule has 0 aliphatic carbocycles. The van der Waals surface area contributed by atoms with E-state index in [1.54, 1.807) is 0 Å². The van der Waals surface area contributed by atoms with Crippen LogP contribution in [0.25, 0.3) is 0 Å². The van der Waals surface area contributed by atoms with E-state index in [1.807, 2.05) is 6.20 Å². The predicted molar refractivity (Wildman–Crippen MR) is 48.5 cm³/mol. The Morgan fingerprint density at radius 1 is 1.55 bits per heavy atom. The van der Waals surface area contributed by atoms with Crippen molar-refractivity contribution in [1.82, 2.24) is 10.3 Å². The van der Waals surface area contributed by atoms with Gasteiger partial charge in [-0.1, -0.05) is 0 Å². The summed E-state index contributed by atoms with van der Waals surface area (Å²) in [6.07, 6.45) is 4.53. The number of aromatic amines is 1. The van der Waals surface area contributed by atoms with E-state index in [-0.39, 0.29) is 0 Å². The molecule has 1 aromatic rings. The van der Waals surface area contributed by atoms with Gasteiger partial charge >= 0.3 is 0 Å². The highest BCUT2D eigenvalue weighted by Crippen LogP contribution is 2.28. The average molecular weight is 215 g/mol. The summed E-state index contributed by atoms with van der Waals surface area (Å²) in [5, 5.41) is 3.45. The normalized spacial score (nSPS) is 24.3. The second-order valence-corrected chi connectivity index (χ2v) is 3.69. The summed E-state index contributed by atoms with van der Waals surface area (Å²) < 4.78 is 1.12. The monoisotopic (exact) mass is 214 g/mol. The van der Waals surface area contributed by atoms with Gasteiger partial charge in [0.1, 0.15) is 0 Å². The molecule has 1 atom stereocenters. The molecule has 0 spiro atoms. The van der Waals surface area contributed by atoms with Crippen LogP contribution in [0.5, 0.6) is 0 Å². The number of aromatic nitrogens is 1. The molecular weight excluding hydrogens is 204 g/mol. The van der Waals surface area contributed by atoms with Crippen LogP contribution >= 0.6 is 15.9 Å². The fourth-order valence-corrected chi connectivity index (χ4v) is 2.12. The van der Waals surface area contributed by atoms with E-state index in [0.29, 0.717) is 6.04 Å². The number of hydrogen-bond acceptors (Lipinski definition) is 1. The molecule has 0 aromatic carbocycles. The molecule has 1 saturated heterocycles. The lowest BCUT2D eigenvalue weighted by atomic mass is 10.1. The Kier molecular flexibility index (Phi) is 2.00. The standard InChI is InChI=1S/C8H11BrN2/c9-8-6(3-5-11-8)7-2-1-4-10-7/h3,5,7,10-11H,1-2,4H2/t7-/m1/s1. The fourth-order valence-electron chi connectivity index (χ4n) is 1.58. The van der Waals surface area contributed by atoms with Gasteiger partial charge in [-0.3, -0.25) is 0 Å². The highest BCUT2D eigenvalue weighted by Gasteiger charge is 2.18. The summed E-state index contributed by atoms with van der Waals surface area (Å²) in [7, 11) is 0. The highest BCUT2D eigenvalue weighted by atomic mass is 79.9. The lowest BCUT2D eigenvalue weighted by Crippen LogP contribution is -2.12. The van der Waals surface area contributed by atoms with Crippen LogP contribution in [-0.4, -0.2) is 11.5 Å². The van der Waals surface area contributed by atoms with Crippen LogP contribution in [0.1, 0.15) is 24.4 Å². The molecule has 1 aromatic heterocycles. The molecule has 0 amide bonds. The van der Waals surface area contributed by atoms with Gasteiger partial charge in [-0.05, 0) is 41.4 Å². The zero-order valence-corrected chi connectivity index (χ0v) is 7.82. The van der Waals surface area contributed by atoms with Gasteiger partial charge < -0.3 is 10.3 Å². The van der Waals surface area contributed by atoms with E-state index >= 15 is 0 Å². The number of halogens is 1. The van der Waals surface area contributed by atoms with Gasteiger partial charge in [-0.2, -0.15) is 0 Å². The molecule has 60 valence electrons. The van der Waals surface area contributed by atoms with Gasteiger partial charge in [0.05, 0.1) is 4.60 Å². The highest BCUT2D eigenvalue weighted by molar-refractivity contribution is 9.10. The van der Waals surface area contributed by atoms with Crippen LogP contribution in [0, 0.1) is 0 Å². The van der Waals surface area contributed by atoms with E-state index in [4.69, 9.17) is 0 Å². The minimum absolute atomic E-state index is 0.565. The molecule has 1 aliphatic rings. The zero-order valence-electron chi connectivity index (χ0n) is 6.23. The number of nitrogens with one attached hydrogen (secondary N) is 2. The molecule has 2 nitrogen and oxygen atoms in total. The zero-order chi connectivity index (χ0) is 7.68. The third-order valence-corrected chi connectivity index (χ3v) is 2.85. The van der Waals surface area contributed by atoms with E-state index in [2.05, 4.69) is 32.3 Å². The minimum atomic E-state index is 0.565. The van der Waals surface area contributed by atoms with E-state index in [9.17, 15) is 0 Å². The first-order chi connectivity index (χ1) is 5.38. The summed E-state index contributed by atoms with van der Waals surface area (Å²) in [5.74, 6) is 0. The van der Waals surface area contributed by atoms with E-state index in [0.717, 1.165) is 11.1 Å². The largest absolute Gasteiger partial charge is 0.356 e. The van der Waals surface area contributed by atoms with Crippen molar-refractivity contribution in [3.8, 4) is 0 Å². The predicted octanol–water partition coefficient (Wildman–Crippen LogP) is 2.20. The summed E-state index contributed by atoms with van der Waals surface area (Å²) in [6.45, 7) is 1.16. The number of rotatable bonds is 1. The molecule has 2 heterocycles. The summed E-state index contributed by atoms with van der Waals surface area (Å²) in [4.78, 5) is 3.12. The third kappa shape index (κ3) is 1.35. The maximum Gasteiger partial charge on any atom is 0.0868 e. The van der Waals surface area contributed by atoms with Gasteiger partial charge in [0, 0.05) is 17.8 Å². The topological polar surface area (TPSA) is 27.8 Å². The fraction of sp³-hybridized carbons (Fsp3) is 0.500. The van der Waals surface area contributed by atoms with Gasteiger partial charge in [0.25, 0.3) is 0 Å². The quantitative estimate of drug-likeness (QED) is 0.738. The summed E-state index contributed by atoms with van der Waals surface area (Å²) in [6, 6.07) is 2.70. The Bertz CT molecular complexity index is 238. The van der Waals surface area contributed by atoms with Crippen molar-refractivity contribution in [1.29, 1.82) is 0 Å². The smallest absolute Gasteiger partial charge is 0.0868 e. The lowest BCUT2D eigenvalue weighted by molar-refractivity contribution is 0.645. The van der Waals surface area contributed by atoms with Crippen LogP contribution in [0.2, 0.25) is 0 Å². The molecule has 0 unspecified atom stereocenters. The Morgan fingerprint density at radius 3 is 3.00 bits per heavy atom. The van der Waals surface area contributed by atoms with Crippen LogP contribution in [-0.2, 0) is 0 Å². The molecule has 2 rings (SSSR count). The van der Waals surface area contributed by atoms with Crippen LogP contribution < -0.4 is 5.32 Å². The van der Waals surface area contributed by atoms with Crippen LogP contribution in [0.3, 0.4) is 0 Å². The minimum Gasteiger partial charge on any atom is -0.356 e. The molecule has 0 bridgehead atoms. The first-order valence-electron chi connectivity index (χ1n) is 3.94. The molecular formula is C8H11BrN2. The van der Waals surface area contributed by atoms with Gasteiger partial charge in [0.2, 0.25) is 0 Å². The summed E-state index contributed by atoms with van der Waals surface area (Å²) >= 11 is 3.48. The van der Waals surface area contributed by atoms with Crippen molar-refractivity contribution in [2.75, 3.05) is 6.54 Å². The van der Waals surface area contributed by atoms with Gasteiger partial charge in [-0.15, -0.1) is 0 Å². The maximum absolute atomic E-state index is 3.48. The average Bonchev–Trinajstić information content (AvgIpc) is 2.55. The second-order valence-electron chi connectivity index (χ2n) is 2.90. The van der Waals surface area contributed by atoms with Crippen LogP contribution in [0.4, 0.5) is 0 Å². The first kappa shape index (κ1) is 7.37. The number of hydrogen-bond donors (Lipinski definition) is 2. The van der Waals surface area contributed by atoms with Gasteiger partial charge in [0.15, 0.2) is 0 Å². The summed E-state index contributed by atoms with van der Waals surface area (Å²) in [5.41, 5.74) is 1.36. The maximum atomic E-state index is 3.48. The lowest BCUT2D eigenvalue weighted by Gasteiger charge is -2.07. The molecule has 1 aliphatic heterocycles. The molecule has 11 heavy (non-hydrogen) atoms. The van der Waals surface area contributed by atoms with E-state index < -0.39 is 0 Å². The SMILES string of the molecule is Brc1[nH]ccc1[C@H]1CCCN1. The van der Waals surface area contributed by atoms with Crippen molar-refractivity contribution in [2.24, 2.45) is 0 Å². The van der Waals surface area contributed by atoms with E-state index in [1.165, 1.54) is 18.4 Å². The van der Waals surface area contributed by atoms with Crippen molar-refractivity contribution < 1.29 is 0 Å². The van der Waals surface area contributed by atoms with Crippen molar-refractivity contribution in [3.63, 3.8) is 0 Å². The Balaban J connectivity index is 2.21. The Labute approximate surface area is 74.5 Å². The Hall–Kier alpha value is -0.280. The van der Waals surface area contributed by atoms with Crippen LogP contribution in [0.15, 0.2) is 16.9 Å². The molecule has 0 radical (unpaired) electrons. The van der Waals surface area contributed by atoms with Crippen molar-refractivity contribution in [3.05, 3.63) is 22.4 Å². The Morgan fingerprint density at radius 2 is 2.45 bits per heavy atom. The second kappa shape index (κ2) is 2.99. The molecule has 0 saturated carbocycles. The van der Waals surface area contributed by atoms with Gasteiger partial charge in [-0.25, -0.2) is 0 Å². The van der Waals surface area contributed by atoms with Crippen molar-refractivity contribution >= 4 is 15.9 Å². The number of H-pyrrole nitrogens is 1. The molecule has 1 fully saturated rings. The van der Waals surface area contributed by atoms with Crippen molar-refractivity contribution in [2.45, 2.75) is 18.9 Å². The third-order valence-electron chi connectivity index (χ3n) is 2.16. The first-order valence-corrected chi connectivity index (χ1v) is 4.73. The molecule has 3 heteroatoms. The molecule has 2 N–H and O–H groups in total.